The quantitative estimate of drug-likeness (QED) is 0.693. The van der Waals surface area contributed by atoms with Crippen molar-refractivity contribution < 1.29 is 0 Å². The Labute approximate surface area is 100 Å². The molecule has 0 heterocycles. The van der Waals surface area contributed by atoms with Gasteiger partial charge in [-0.05, 0) is 68.7 Å². The Morgan fingerprint density at radius 2 is 1.88 bits per heavy atom. The van der Waals surface area contributed by atoms with Gasteiger partial charge in [0.2, 0.25) is 0 Å². The predicted octanol–water partition coefficient (Wildman–Crippen LogP) is 3.59. The highest BCUT2D eigenvalue weighted by atomic mass is 14.9. The van der Waals surface area contributed by atoms with Crippen LogP contribution in [0.15, 0.2) is 0 Å². The molecule has 3 saturated carbocycles. The predicted molar refractivity (Wildman–Crippen MR) is 68.4 cm³/mol. The molecule has 0 radical (unpaired) electrons. The SMILES string of the molecule is CCCNC(CCC1CC1)C1CC2CC2C1. The van der Waals surface area contributed by atoms with Crippen molar-refractivity contribution >= 4 is 0 Å². The first kappa shape index (κ1) is 11.1. The molecule has 0 aliphatic heterocycles. The maximum absolute atomic E-state index is 3.84. The fraction of sp³-hybridized carbons (Fsp3) is 1.00. The van der Waals surface area contributed by atoms with Gasteiger partial charge in [-0.3, -0.25) is 0 Å². The molecule has 1 heteroatoms. The first-order valence-electron chi connectivity index (χ1n) is 7.60. The molecule has 0 aromatic carbocycles. The van der Waals surface area contributed by atoms with Crippen LogP contribution in [0.1, 0.15) is 58.3 Å². The minimum absolute atomic E-state index is 0.869. The lowest BCUT2D eigenvalue weighted by Crippen LogP contribution is -2.36. The molecule has 0 bridgehead atoms. The van der Waals surface area contributed by atoms with Gasteiger partial charge in [0.05, 0.1) is 0 Å². The third-order valence-electron chi connectivity index (χ3n) is 5.09. The zero-order valence-electron chi connectivity index (χ0n) is 10.8. The molecule has 3 aliphatic carbocycles. The summed E-state index contributed by atoms with van der Waals surface area (Å²) < 4.78 is 0. The lowest BCUT2D eigenvalue weighted by Gasteiger charge is -2.26. The van der Waals surface area contributed by atoms with Gasteiger partial charge >= 0.3 is 0 Å². The monoisotopic (exact) mass is 221 g/mol. The van der Waals surface area contributed by atoms with Crippen molar-refractivity contribution in [3.8, 4) is 0 Å². The number of rotatable bonds is 7. The Kier molecular flexibility index (Phi) is 3.24. The van der Waals surface area contributed by atoms with E-state index in [0.29, 0.717) is 0 Å². The van der Waals surface area contributed by atoms with Crippen LogP contribution >= 0.6 is 0 Å². The minimum Gasteiger partial charge on any atom is -0.314 e. The maximum atomic E-state index is 3.84. The first-order chi connectivity index (χ1) is 7.86. The van der Waals surface area contributed by atoms with Crippen molar-refractivity contribution in [2.75, 3.05) is 6.54 Å². The minimum atomic E-state index is 0.869. The van der Waals surface area contributed by atoms with Gasteiger partial charge in [-0.1, -0.05) is 19.8 Å². The summed E-state index contributed by atoms with van der Waals surface area (Å²) in [4.78, 5) is 0. The second kappa shape index (κ2) is 4.68. The van der Waals surface area contributed by atoms with E-state index < -0.39 is 0 Å². The molecule has 0 aromatic heterocycles. The van der Waals surface area contributed by atoms with E-state index in [1.807, 2.05) is 0 Å². The smallest absolute Gasteiger partial charge is 0.00956 e. The van der Waals surface area contributed by atoms with E-state index in [4.69, 9.17) is 0 Å². The second-order valence-electron chi connectivity index (χ2n) is 6.57. The maximum Gasteiger partial charge on any atom is 0.00956 e. The summed E-state index contributed by atoms with van der Waals surface area (Å²) in [6.45, 7) is 3.53. The molecular weight excluding hydrogens is 194 g/mol. The molecule has 0 amide bonds. The molecule has 0 spiro atoms. The molecular formula is C15H27N. The summed E-state index contributed by atoms with van der Waals surface area (Å²) in [5.74, 6) is 4.45. The molecule has 3 fully saturated rings. The topological polar surface area (TPSA) is 12.0 Å². The lowest BCUT2D eigenvalue weighted by molar-refractivity contribution is 0.309. The van der Waals surface area contributed by atoms with Crippen molar-refractivity contribution in [3.63, 3.8) is 0 Å². The van der Waals surface area contributed by atoms with E-state index in [1.165, 1.54) is 38.6 Å². The summed E-state index contributed by atoms with van der Waals surface area (Å²) in [5.41, 5.74) is 0. The highest BCUT2D eigenvalue weighted by molar-refractivity contribution is 4.99. The standard InChI is InChI=1S/C15H27N/c1-2-7-16-15(6-5-11-3-4-11)14-9-12-8-13(12)10-14/h11-16H,2-10H2,1H3. The summed E-state index contributed by atoms with van der Waals surface area (Å²) >= 11 is 0. The highest BCUT2D eigenvalue weighted by Crippen LogP contribution is 2.55. The van der Waals surface area contributed by atoms with Crippen LogP contribution in [0.3, 0.4) is 0 Å². The molecule has 1 N–H and O–H groups in total. The van der Waals surface area contributed by atoms with Crippen LogP contribution in [0.4, 0.5) is 0 Å². The fourth-order valence-corrected chi connectivity index (χ4v) is 3.75. The van der Waals surface area contributed by atoms with Gasteiger partial charge in [0.15, 0.2) is 0 Å². The van der Waals surface area contributed by atoms with E-state index in [2.05, 4.69) is 12.2 Å². The Balaban J connectivity index is 1.46. The molecule has 3 rings (SSSR count). The average Bonchev–Trinajstić information content (AvgIpc) is 3.20. The van der Waals surface area contributed by atoms with Crippen LogP contribution in [-0.2, 0) is 0 Å². The van der Waals surface area contributed by atoms with E-state index in [-0.39, 0.29) is 0 Å². The molecule has 92 valence electrons. The molecule has 0 aromatic rings. The van der Waals surface area contributed by atoms with Crippen LogP contribution in [0, 0.1) is 23.7 Å². The van der Waals surface area contributed by atoms with Crippen molar-refractivity contribution in [1.82, 2.24) is 5.32 Å². The van der Waals surface area contributed by atoms with Gasteiger partial charge in [-0.15, -0.1) is 0 Å². The van der Waals surface area contributed by atoms with Gasteiger partial charge in [0.25, 0.3) is 0 Å². The number of hydrogen-bond donors (Lipinski definition) is 1. The van der Waals surface area contributed by atoms with Gasteiger partial charge in [0, 0.05) is 6.04 Å². The summed E-state index contributed by atoms with van der Waals surface area (Å²) in [7, 11) is 0. The van der Waals surface area contributed by atoms with Crippen LogP contribution in [0.2, 0.25) is 0 Å². The second-order valence-corrected chi connectivity index (χ2v) is 6.57. The van der Waals surface area contributed by atoms with Gasteiger partial charge < -0.3 is 5.32 Å². The Morgan fingerprint density at radius 3 is 2.50 bits per heavy atom. The molecule has 16 heavy (non-hydrogen) atoms. The Morgan fingerprint density at radius 1 is 1.12 bits per heavy atom. The Bertz CT molecular complexity index is 224. The van der Waals surface area contributed by atoms with Crippen LogP contribution < -0.4 is 5.32 Å². The highest BCUT2D eigenvalue weighted by Gasteiger charge is 2.47. The van der Waals surface area contributed by atoms with Crippen molar-refractivity contribution in [3.05, 3.63) is 0 Å². The number of fused-ring (bicyclic) bond motifs is 1. The van der Waals surface area contributed by atoms with Crippen molar-refractivity contribution in [2.24, 2.45) is 23.7 Å². The van der Waals surface area contributed by atoms with Crippen LogP contribution in [0.25, 0.3) is 0 Å². The number of hydrogen-bond acceptors (Lipinski definition) is 1. The van der Waals surface area contributed by atoms with Crippen molar-refractivity contribution in [1.29, 1.82) is 0 Å². The zero-order chi connectivity index (χ0) is 11.0. The lowest BCUT2D eigenvalue weighted by atomic mass is 9.90. The third-order valence-corrected chi connectivity index (χ3v) is 5.09. The summed E-state index contributed by atoms with van der Waals surface area (Å²) in [6.07, 6.45) is 12.0. The fourth-order valence-electron chi connectivity index (χ4n) is 3.75. The molecule has 1 nitrogen and oxygen atoms in total. The summed E-state index contributed by atoms with van der Waals surface area (Å²) in [6, 6.07) is 0.869. The van der Waals surface area contributed by atoms with Gasteiger partial charge in [0.1, 0.15) is 0 Å². The normalized spacial score (nSPS) is 38.4. The molecule has 0 saturated heterocycles. The largest absolute Gasteiger partial charge is 0.314 e. The average molecular weight is 221 g/mol. The first-order valence-corrected chi connectivity index (χ1v) is 7.60. The molecule has 3 atom stereocenters. The van der Waals surface area contributed by atoms with Crippen LogP contribution in [-0.4, -0.2) is 12.6 Å². The van der Waals surface area contributed by atoms with E-state index in [9.17, 15) is 0 Å². The van der Waals surface area contributed by atoms with E-state index >= 15 is 0 Å². The van der Waals surface area contributed by atoms with E-state index in [1.54, 1.807) is 19.3 Å². The molecule has 3 unspecified atom stereocenters. The Hall–Kier alpha value is -0.0400. The van der Waals surface area contributed by atoms with Crippen molar-refractivity contribution in [2.45, 2.75) is 64.3 Å². The van der Waals surface area contributed by atoms with E-state index in [0.717, 1.165) is 29.7 Å². The molecule has 3 aliphatic rings. The van der Waals surface area contributed by atoms with Gasteiger partial charge in [-0.2, -0.15) is 0 Å². The van der Waals surface area contributed by atoms with Gasteiger partial charge in [-0.25, -0.2) is 0 Å². The number of nitrogens with one attached hydrogen (secondary N) is 1. The van der Waals surface area contributed by atoms with Crippen LogP contribution in [0.5, 0.6) is 0 Å². The third kappa shape index (κ3) is 2.61. The zero-order valence-corrected chi connectivity index (χ0v) is 10.8. The summed E-state index contributed by atoms with van der Waals surface area (Å²) in [5, 5.41) is 3.84.